The average Bonchev–Trinajstić information content (AvgIpc) is 3.39. The van der Waals surface area contributed by atoms with Crippen molar-refractivity contribution in [1.29, 1.82) is 0 Å². The van der Waals surface area contributed by atoms with E-state index in [0.717, 1.165) is 30.0 Å². The zero-order valence-corrected chi connectivity index (χ0v) is 16.5. The fourth-order valence-electron chi connectivity index (χ4n) is 3.55. The summed E-state index contributed by atoms with van der Waals surface area (Å²) in [6, 6.07) is 4.08. The summed E-state index contributed by atoms with van der Waals surface area (Å²) in [4.78, 5) is 28.9. The van der Waals surface area contributed by atoms with Gasteiger partial charge in [0.2, 0.25) is 0 Å². The van der Waals surface area contributed by atoms with Crippen LogP contribution < -0.4 is 0 Å². The van der Waals surface area contributed by atoms with Gasteiger partial charge in [-0.15, -0.1) is 11.3 Å². The molecule has 140 valence electrons. The highest BCUT2D eigenvalue weighted by Gasteiger charge is 2.31. The van der Waals surface area contributed by atoms with Crippen LogP contribution in [0.4, 0.5) is 0 Å². The summed E-state index contributed by atoms with van der Waals surface area (Å²) in [5.41, 5.74) is 2.98. The molecule has 0 N–H and O–H groups in total. The molecule has 0 bridgehead atoms. The molecular weight excluding hydrogens is 360 g/mol. The summed E-state index contributed by atoms with van der Waals surface area (Å²) in [7, 11) is 0. The van der Waals surface area contributed by atoms with Gasteiger partial charge in [0, 0.05) is 31.2 Å². The Bertz CT molecular complexity index is 964. The summed E-state index contributed by atoms with van der Waals surface area (Å²) < 4.78 is 2.05. The lowest BCUT2D eigenvalue weighted by Crippen LogP contribution is -2.29. The quantitative estimate of drug-likeness (QED) is 0.693. The van der Waals surface area contributed by atoms with E-state index in [1.807, 2.05) is 18.7 Å². The van der Waals surface area contributed by atoms with Gasteiger partial charge >= 0.3 is 0 Å². The van der Waals surface area contributed by atoms with E-state index in [9.17, 15) is 4.79 Å². The molecule has 1 amide bonds. The van der Waals surface area contributed by atoms with Gasteiger partial charge in [-0.25, -0.2) is 15.0 Å². The molecule has 1 atom stereocenters. The number of thiazole rings is 1. The fourth-order valence-corrected chi connectivity index (χ4v) is 4.62. The lowest BCUT2D eigenvalue weighted by molar-refractivity contribution is 0.0790. The number of aryl methyl sites for hydroxylation is 3. The van der Waals surface area contributed by atoms with Crippen molar-refractivity contribution in [2.45, 2.75) is 39.7 Å². The van der Waals surface area contributed by atoms with E-state index >= 15 is 0 Å². The van der Waals surface area contributed by atoms with Gasteiger partial charge in [-0.3, -0.25) is 9.48 Å². The molecule has 0 aliphatic carbocycles. The summed E-state index contributed by atoms with van der Waals surface area (Å²) in [5, 5.41) is 5.29. The normalized spacial score (nSPS) is 16.9. The highest BCUT2D eigenvalue weighted by molar-refractivity contribution is 7.17. The lowest BCUT2D eigenvalue weighted by Gasteiger charge is -2.17. The molecule has 1 aliphatic rings. The molecule has 3 aromatic rings. The van der Waals surface area contributed by atoms with Gasteiger partial charge in [0.25, 0.3) is 5.91 Å². The number of aromatic nitrogens is 5. The number of hydrogen-bond acceptors (Lipinski definition) is 6. The van der Waals surface area contributed by atoms with Crippen molar-refractivity contribution in [1.82, 2.24) is 29.6 Å². The predicted octanol–water partition coefficient (Wildman–Crippen LogP) is 3.06. The van der Waals surface area contributed by atoms with Gasteiger partial charge in [-0.05, 0) is 38.8 Å². The smallest absolute Gasteiger partial charge is 0.265 e. The first kappa shape index (κ1) is 17.8. The van der Waals surface area contributed by atoms with Crippen LogP contribution in [0.2, 0.25) is 0 Å². The number of carbonyl (C=O) groups excluding carboxylic acids is 1. The van der Waals surface area contributed by atoms with E-state index in [4.69, 9.17) is 0 Å². The van der Waals surface area contributed by atoms with E-state index < -0.39 is 0 Å². The number of amides is 1. The molecule has 3 aromatic heterocycles. The Balaban J connectivity index is 1.56. The molecule has 1 unspecified atom stereocenters. The minimum Gasteiger partial charge on any atom is -0.336 e. The van der Waals surface area contributed by atoms with Gasteiger partial charge < -0.3 is 4.90 Å². The minimum atomic E-state index is 0.0514. The third kappa shape index (κ3) is 3.37. The van der Waals surface area contributed by atoms with Crippen LogP contribution in [-0.4, -0.2) is 48.6 Å². The molecule has 1 aliphatic heterocycles. The molecule has 1 saturated heterocycles. The van der Waals surface area contributed by atoms with Gasteiger partial charge in [-0.2, -0.15) is 5.10 Å². The standard InChI is InChI=1S/C19H22N6OS/c1-4-15-16(27-18(22-15)17-20-7-5-8-21-17)19(26)24-9-6-14(11-24)25-13(3)10-12(2)23-25/h5,7-8,10,14H,4,6,9,11H2,1-3H3. The zero-order valence-electron chi connectivity index (χ0n) is 15.7. The van der Waals surface area contributed by atoms with Crippen LogP contribution in [0.1, 0.15) is 46.1 Å². The van der Waals surface area contributed by atoms with Crippen molar-refractivity contribution in [3.8, 4) is 10.8 Å². The molecule has 0 radical (unpaired) electrons. The Morgan fingerprint density at radius 1 is 1.30 bits per heavy atom. The summed E-state index contributed by atoms with van der Waals surface area (Å²) in [6.45, 7) is 7.50. The van der Waals surface area contributed by atoms with Crippen LogP contribution in [0.25, 0.3) is 10.8 Å². The van der Waals surface area contributed by atoms with E-state index in [1.54, 1.807) is 18.5 Å². The van der Waals surface area contributed by atoms with Crippen LogP contribution in [0.3, 0.4) is 0 Å². The Kier molecular flexibility index (Phi) is 4.73. The molecule has 0 aromatic carbocycles. The zero-order chi connectivity index (χ0) is 19.0. The summed E-state index contributed by atoms with van der Waals surface area (Å²) in [5.74, 6) is 0.619. The number of rotatable bonds is 4. The molecule has 1 fully saturated rings. The van der Waals surface area contributed by atoms with Crippen molar-refractivity contribution in [3.63, 3.8) is 0 Å². The van der Waals surface area contributed by atoms with Gasteiger partial charge in [-0.1, -0.05) is 6.92 Å². The summed E-state index contributed by atoms with van der Waals surface area (Å²) in [6.07, 6.45) is 5.01. The van der Waals surface area contributed by atoms with Crippen molar-refractivity contribution in [2.75, 3.05) is 13.1 Å². The van der Waals surface area contributed by atoms with Crippen LogP contribution in [0.15, 0.2) is 24.5 Å². The molecule has 4 heterocycles. The van der Waals surface area contributed by atoms with Crippen molar-refractivity contribution in [2.24, 2.45) is 0 Å². The molecular formula is C19H22N6OS. The lowest BCUT2D eigenvalue weighted by atomic mass is 10.2. The van der Waals surface area contributed by atoms with E-state index in [2.05, 4.69) is 37.7 Å². The number of hydrogen-bond donors (Lipinski definition) is 0. The highest BCUT2D eigenvalue weighted by Crippen LogP contribution is 2.30. The third-order valence-electron chi connectivity index (χ3n) is 4.82. The van der Waals surface area contributed by atoms with Crippen LogP contribution in [0, 0.1) is 13.8 Å². The second-order valence-corrected chi connectivity index (χ2v) is 7.79. The number of likely N-dealkylation sites (tertiary alicyclic amines) is 1. The number of carbonyl (C=O) groups is 1. The first-order valence-electron chi connectivity index (χ1n) is 9.16. The van der Waals surface area contributed by atoms with Crippen molar-refractivity contribution >= 4 is 17.2 Å². The molecule has 0 spiro atoms. The monoisotopic (exact) mass is 382 g/mol. The van der Waals surface area contributed by atoms with Crippen molar-refractivity contribution < 1.29 is 4.79 Å². The first-order chi connectivity index (χ1) is 13.1. The topological polar surface area (TPSA) is 76.8 Å². The van der Waals surface area contributed by atoms with Gasteiger partial charge in [0.05, 0.1) is 17.4 Å². The molecule has 7 nitrogen and oxygen atoms in total. The molecule has 27 heavy (non-hydrogen) atoms. The molecule has 8 heteroatoms. The van der Waals surface area contributed by atoms with Crippen LogP contribution in [-0.2, 0) is 6.42 Å². The summed E-state index contributed by atoms with van der Waals surface area (Å²) >= 11 is 1.39. The van der Waals surface area contributed by atoms with E-state index in [-0.39, 0.29) is 11.9 Å². The third-order valence-corrected chi connectivity index (χ3v) is 5.91. The highest BCUT2D eigenvalue weighted by atomic mass is 32.1. The van der Waals surface area contributed by atoms with Gasteiger partial charge in [0.15, 0.2) is 10.8 Å². The second-order valence-electron chi connectivity index (χ2n) is 6.79. The average molecular weight is 382 g/mol. The number of nitrogens with zero attached hydrogens (tertiary/aromatic N) is 6. The second kappa shape index (κ2) is 7.19. The SMILES string of the molecule is CCc1nc(-c2ncccn2)sc1C(=O)N1CCC(n2nc(C)cc2C)C1. The fraction of sp³-hybridized carbons (Fsp3) is 0.421. The van der Waals surface area contributed by atoms with Crippen LogP contribution >= 0.6 is 11.3 Å². The predicted molar refractivity (Wildman–Crippen MR) is 104 cm³/mol. The maximum absolute atomic E-state index is 13.2. The Morgan fingerprint density at radius 2 is 2.07 bits per heavy atom. The maximum Gasteiger partial charge on any atom is 0.265 e. The maximum atomic E-state index is 13.2. The first-order valence-corrected chi connectivity index (χ1v) is 9.97. The van der Waals surface area contributed by atoms with E-state index in [0.29, 0.717) is 28.7 Å². The van der Waals surface area contributed by atoms with Crippen LogP contribution in [0.5, 0.6) is 0 Å². The Morgan fingerprint density at radius 3 is 2.74 bits per heavy atom. The van der Waals surface area contributed by atoms with E-state index in [1.165, 1.54) is 11.3 Å². The molecule has 4 rings (SSSR count). The largest absolute Gasteiger partial charge is 0.336 e. The minimum absolute atomic E-state index is 0.0514. The molecule has 0 saturated carbocycles. The Hall–Kier alpha value is -2.61. The van der Waals surface area contributed by atoms with Crippen molar-refractivity contribution in [3.05, 3.63) is 46.5 Å². The Labute approximate surface area is 162 Å². The van der Waals surface area contributed by atoms with Gasteiger partial charge in [0.1, 0.15) is 4.88 Å².